The van der Waals surface area contributed by atoms with E-state index in [0.717, 1.165) is 11.1 Å². The zero-order valence-electron chi connectivity index (χ0n) is 17.9. The number of nitrogens with one attached hydrogen (secondary N) is 1. The van der Waals surface area contributed by atoms with Crippen LogP contribution in [0.4, 0.5) is 5.69 Å². The van der Waals surface area contributed by atoms with E-state index in [-0.39, 0.29) is 31.5 Å². The van der Waals surface area contributed by atoms with Crippen molar-refractivity contribution < 1.29 is 23.5 Å². The summed E-state index contributed by atoms with van der Waals surface area (Å²) in [7, 11) is 1.53. The molecule has 0 radical (unpaired) electrons. The first-order valence-corrected chi connectivity index (χ1v) is 9.88. The van der Waals surface area contributed by atoms with Gasteiger partial charge in [-0.3, -0.25) is 9.59 Å². The molecule has 0 aliphatic rings. The highest BCUT2D eigenvalue weighted by Crippen LogP contribution is 2.23. The zero-order valence-corrected chi connectivity index (χ0v) is 17.9. The number of benzene rings is 2. The van der Waals surface area contributed by atoms with Crippen LogP contribution < -0.4 is 14.8 Å². The molecule has 7 nitrogen and oxygen atoms in total. The molecule has 0 bridgehead atoms. The number of nitrogens with zero attached hydrogens (tertiary/aromatic N) is 1. The van der Waals surface area contributed by atoms with Gasteiger partial charge in [-0.15, -0.1) is 0 Å². The molecule has 0 aliphatic carbocycles. The van der Waals surface area contributed by atoms with E-state index in [0.29, 0.717) is 22.9 Å². The molecule has 0 unspecified atom stereocenters. The lowest BCUT2D eigenvalue weighted by Crippen LogP contribution is -2.40. The van der Waals surface area contributed by atoms with Crippen LogP contribution in [0.5, 0.6) is 11.5 Å². The number of amides is 2. The molecule has 2 aromatic carbocycles. The lowest BCUT2D eigenvalue weighted by atomic mass is 10.1. The zero-order chi connectivity index (χ0) is 22.2. The summed E-state index contributed by atoms with van der Waals surface area (Å²) < 4.78 is 16.3. The Morgan fingerprint density at radius 2 is 1.77 bits per heavy atom. The summed E-state index contributed by atoms with van der Waals surface area (Å²) in [5.41, 5.74) is 2.63. The van der Waals surface area contributed by atoms with Gasteiger partial charge >= 0.3 is 0 Å². The Morgan fingerprint density at radius 1 is 1.03 bits per heavy atom. The highest BCUT2D eigenvalue weighted by molar-refractivity contribution is 5.95. The number of anilines is 1. The quantitative estimate of drug-likeness (QED) is 0.565. The molecule has 3 rings (SSSR count). The summed E-state index contributed by atoms with van der Waals surface area (Å²) in [5.74, 6) is 1.05. The van der Waals surface area contributed by atoms with E-state index in [4.69, 9.17) is 13.9 Å². The first-order chi connectivity index (χ1) is 14.9. The highest BCUT2D eigenvalue weighted by atomic mass is 16.5. The molecule has 0 atom stereocenters. The second-order valence-corrected chi connectivity index (χ2v) is 7.19. The van der Waals surface area contributed by atoms with Crippen molar-refractivity contribution in [2.75, 3.05) is 25.6 Å². The molecule has 1 heterocycles. The number of aryl methyl sites for hydroxylation is 2. The Hall–Kier alpha value is -3.74. The molecule has 0 aliphatic heterocycles. The molecule has 0 fully saturated rings. The number of carbonyl (C=O) groups is 2. The molecule has 7 heteroatoms. The van der Waals surface area contributed by atoms with Gasteiger partial charge in [-0.25, -0.2) is 0 Å². The maximum absolute atomic E-state index is 12.9. The van der Waals surface area contributed by atoms with E-state index in [1.165, 1.54) is 18.3 Å². The van der Waals surface area contributed by atoms with Gasteiger partial charge in [-0.05, 0) is 61.4 Å². The second-order valence-electron chi connectivity index (χ2n) is 7.19. The van der Waals surface area contributed by atoms with Gasteiger partial charge in [0.15, 0.2) is 6.61 Å². The summed E-state index contributed by atoms with van der Waals surface area (Å²) in [6.07, 6.45) is 1.53. The van der Waals surface area contributed by atoms with E-state index in [1.54, 1.807) is 30.3 Å². The average molecular weight is 422 g/mol. The fraction of sp³-hybridized carbons (Fsp3) is 0.250. The average Bonchev–Trinajstić information content (AvgIpc) is 3.24. The minimum Gasteiger partial charge on any atom is -0.495 e. The van der Waals surface area contributed by atoms with Gasteiger partial charge in [0, 0.05) is 0 Å². The van der Waals surface area contributed by atoms with Gasteiger partial charge in [0.25, 0.3) is 5.91 Å². The lowest BCUT2D eigenvalue weighted by Gasteiger charge is -2.22. The summed E-state index contributed by atoms with van der Waals surface area (Å²) in [5, 5.41) is 2.79. The molecular weight excluding hydrogens is 396 g/mol. The maximum Gasteiger partial charge on any atom is 0.261 e. The number of ether oxygens (including phenoxy) is 2. The molecule has 1 N–H and O–H groups in total. The van der Waals surface area contributed by atoms with Crippen LogP contribution in [0.15, 0.2) is 65.3 Å². The predicted octanol–water partition coefficient (Wildman–Crippen LogP) is 3.95. The van der Waals surface area contributed by atoms with Crippen LogP contribution in [-0.2, 0) is 16.1 Å². The van der Waals surface area contributed by atoms with Crippen LogP contribution >= 0.6 is 0 Å². The normalized spacial score (nSPS) is 10.4. The van der Waals surface area contributed by atoms with Crippen molar-refractivity contribution in [2.24, 2.45) is 0 Å². The molecule has 2 amide bonds. The number of furan rings is 1. The number of hydrogen-bond donors (Lipinski definition) is 1. The third-order valence-electron chi connectivity index (χ3n) is 4.55. The van der Waals surface area contributed by atoms with Crippen molar-refractivity contribution >= 4 is 17.5 Å². The fourth-order valence-electron chi connectivity index (χ4n) is 3.19. The van der Waals surface area contributed by atoms with Crippen molar-refractivity contribution in [2.45, 2.75) is 20.4 Å². The first-order valence-electron chi connectivity index (χ1n) is 9.88. The first kappa shape index (κ1) is 22.0. The number of hydrogen-bond acceptors (Lipinski definition) is 5. The maximum atomic E-state index is 12.9. The summed E-state index contributed by atoms with van der Waals surface area (Å²) in [4.78, 5) is 26.9. The van der Waals surface area contributed by atoms with Crippen LogP contribution in [0.25, 0.3) is 0 Å². The predicted molar refractivity (Wildman–Crippen MR) is 117 cm³/mol. The SMILES string of the molecule is COc1ccccc1NC(=O)CN(Cc1ccco1)C(=O)COc1cc(C)cc(C)c1. The molecule has 0 spiro atoms. The summed E-state index contributed by atoms with van der Waals surface area (Å²) in [6, 6.07) is 16.3. The van der Waals surface area contributed by atoms with Crippen molar-refractivity contribution in [3.8, 4) is 11.5 Å². The highest BCUT2D eigenvalue weighted by Gasteiger charge is 2.20. The summed E-state index contributed by atoms with van der Waals surface area (Å²) >= 11 is 0. The largest absolute Gasteiger partial charge is 0.495 e. The van der Waals surface area contributed by atoms with Crippen LogP contribution in [0, 0.1) is 13.8 Å². The van der Waals surface area contributed by atoms with E-state index in [1.807, 2.05) is 38.1 Å². The molecule has 0 saturated heterocycles. The number of methoxy groups -OCH3 is 1. The second kappa shape index (κ2) is 10.3. The van der Waals surface area contributed by atoms with Crippen molar-refractivity contribution in [1.82, 2.24) is 4.90 Å². The smallest absolute Gasteiger partial charge is 0.261 e. The molecule has 31 heavy (non-hydrogen) atoms. The lowest BCUT2D eigenvalue weighted by molar-refractivity contribution is -0.137. The number of para-hydroxylation sites is 2. The fourth-order valence-corrected chi connectivity index (χ4v) is 3.19. The Bertz CT molecular complexity index is 1010. The standard InChI is InChI=1S/C24H26N2O5/c1-17-11-18(2)13-20(12-17)31-16-24(28)26(14-19-7-6-10-30-19)15-23(27)25-21-8-4-5-9-22(21)29-3/h4-13H,14-16H2,1-3H3,(H,25,27). The minimum atomic E-state index is -0.351. The van der Waals surface area contributed by atoms with E-state index in [9.17, 15) is 9.59 Å². The van der Waals surface area contributed by atoms with Crippen molar-refractivity contribution in [1.29, 1.82) is 0 Å². The van der Waals surface area contributed by atoms with Gasteiger partial charge in [0.1, 0.15) is 23.8 Å². The topological polar surface area (TPSA) is 81.0 Å². The van der Waals surface area contributed by atoms with Gasteiger partial charge < -0.3 is 24.1 Å². The third-order valence-corrected chi connectivity index (χ3v) is 4.55. The van der Waals surface area contributed by atoms with Crippen LogP contribution in [0.2, 0.25) is 0 Å². The van der Waals surface area contributed by atoms with E-state index < -0.39 is 0 Å². The van der Waals surface area contributed by atoms with Gasteiger partial charge in [0.2, 0.25) is 5.91 Å². The Morgan fingerprint density at radius 3 is 2.45 bits per heavy atom. The molecule has 1 aromatic heterocycles. The Balaban J connectivity index is 1.68. The van der Waals surface area contributed by atoms with Crippen LogP contribution in [0.3, 0.4) is 0 Å². The number of carbonyl (C=O) groups excluding carboxylic acids is 2. The molecule has 162 valence electrons. The van der Waals surface area contributed by atoms with Crippen molar-refractivity contribution in [3.05, 3.63) is 77.7 Å². The summed E-state index contributed by atoms with van der Waals surface area (Å²) in [6.45, 7) is 3.74. The van der Waals surface area contributed by atoms with E-state index >= 15 is 0 Å². The molecular formula is C24H26N2O5. The minimum absolute atomic E-state index is 0.154. The molecule has 0 saturated carbocycles. The Kier molecular flexibility index (Phi) is 7.32. The number of rotatable bonds is 9. The van der Waals surface area contributed by atoms with E-state index in [2.05, 4.69) is 5.32 Å². The van der Waals surface area contributed by atoms with Crippen LogP contribution in [0.1, 0.15) is 16.9 Å². The Labute approximate surface area is 181 Å². The van der Waals surface area contributed by atoms with Crippen LogP contribution in [-0.4, -0.2) is 37.0 Å². The van der Waals surface area contributed by atoms with Gasteiger partial charge in [-0.2, -0.15) is 0 Å². The monoisotopic (exact) mass is 422 g/mol. The van der Waals surface area contributed by atoms with Gasteiger partial charge in [-0.1, -0.05) is 18.2 Å². The molecule has 3 aromatic rings. The third kappa shape index (κ3) is 6.37. The van der Waals surface area contributed by atoms with Gasteiger partial charge in [0.05, 0.1) is 25.6 Å². The van der Waals surface area contributed by atoms with Crippen molar-refractivity contribution in [3.63, 3.8) is 0 Å².